The average Bonchev–Trinajstić information content (AvgIpc) is 2.46. The lowest BCUT2D eigenvalue weighted by Crippen LogP contribution is -2.15. The van der Waals surface area contributed by atoms with E-state index >= 15 is 0 Å². The van der Waals surface area contributed by atoms with Crippen LogP contribution < -0.4 is 0 Å². The van der Waals surface area contributed by atoms with E-state index in [1.165, 1.54) is 28.0 Å². The molecular formula is C20H23N. The molecule has 21 heavy (non-hydrogen) atoms. The van der Waals surface area contributed by atoms with E-state index < -0.39 is 0 Å². The minimum absolute atomic E-state index is 0.559. The Morgan fingerprint density at radius 1 is 1.10 bits per heavy atom. The van der Waals surface area contributed by atoms with Gasteiger partial charge in [0.1, 0.15) is 0 Å². The van der Waals surface area contributed by atoms with Gasteiger partial charge in [-0.1, -0.05) is 56.4 Å². The second-order valence-corrected chi connectivity index (χ2v) is 6.08. The molecule has 1 heteroatoms. The number of aliphatic imine (C=N–C) groups is 1. The molecule has 0 saturated carbocycles. The van der Waals surface area contributed by atoms with Crippen molar-refractivity contribution in [2.24, 2.45) is 4.99 Å². The first-order valence-electron chi connectivity index (χ1n) is 7.97. The maximum Gasteiger partial charge on any atom is 0.0718 e. The Kier molecular flexibility index (Phi) is 4.19. The van der Waals surface area contributed by atoms with E-state index in [9.17, 15) is 0 Å². The van der Waals surface area contributed by atoms with Crippen molar-refractivity contribution >= 4 is 5.71 Å². The highest BCUT2D eigenvalue weighted by atomic mass is 14.7. The number of fused-ring (bicyclic) bond motifs is 1. The highest BCUT2D eigenvalue weighted by Crippen LogP contribution is 2.26. The molecule has 1 aliphatic heterocycles. The standard InChI is InChI=1S/C20H23N/c1-15(2)18-11-10-16-12-13-21-20(19(16)14-18)17-8-6-4-3-5-7-9-17/h3-4,6,8-11,14-15H,5,7,12-13H2,1-2H3/b4-3+,8-6?,17-9?. The van der Waals surface area contributed by atoms with Crippen molar-refractivity contribution in [1.82, 2.24) is 0 Å². The van der Waals surface area contributed by atoms with E-state index in [2.05, 4.69) is 62.4 Å². The van der Waals surface area contributed by atoms with Gasteiger partial charge in [0.25, 0.3) is 0 Å². The lowest BCUT2D eigenvalue weighted by Gasteiger charge is -2.20. The highest BCUT2D eigenvalue weighted by Gasteiger charge is 2.17. The molecule has 0 spiro atoms. The van der Waals surface area contributed by atoms with Gasteiger partial charge in [0.05, 0.1) is 5.71 Å². The average molecular weight is 277 g/mol. The summed E-state index contributed by atoms with van der Waals surface area (Å²) in [6.07, 6.45) is 14.3. The fourth-order valence-corrected chi connectivity index (χ4v) is 2.92. The Hall–Kier alpha value is -1.89. The lowest BCUT2D eigenvalue weighted by molar-refractivity contribution is 0.859. The summed E-state index contributed by atoms with van der Waals surface area (Å²) in [6.45, 7) is 5.41. The van der Waals surface area contributed by atoms with E-state index in [0.29, 0.717) is 5.92 Å². The van der Waals surface area contributed by atoms with Gasteiger partial charge >= 0.3 is 0 Å². The largest absolute Gasteiger partial charge is 0.284 e. The maximum atomic E-state index is 4.84. The van der Waals surface area contributed by atoms with Crippen LogP contribution in [0, 0.1) is 0 Å². The Bertz CT molecular complexity index is 642. The van der Waals surface area contributed by atoms with Crippen molar-refractivity contribution in [2.75, 3.05) is 6.54 Å². The van der Waals surface area contributed by atoms with Crippen molar-refractivity contribution in [1.29, 1.82) is 0 Å². The predicted molar refractivity (Wildman–Crippen MR) is 91.2 cm³/mol. The molecule has 0 fully saturated rings. The molecule has 0 unspecified atom stereocenters. The first-order valence-corrected chi connectivity index (χ1v) is 7.97. The molecule has 108 valence electrons. The zero-order valence-corrected chi connectivity index (χ0v) is 13.0. The van der Waals surface area contributed by atoms with Crippen LogP contribution in [-0.2, 0) is 6.42 Å². The number of hydrogen-bond donors (Lipinski definition) is 0. The molecule has 0 atom stereocenters. The Balaban J connectivity index is 2.03. The molecule has 0 aromatic heterocycles. The van der Waals surface area contributed by atoms with E-state index in [-0.39, 0.29) is 0 Å². The van der Waals surface area contributed by atoms with Crippen LogP contribution in [-0.4, -0.2) is 12.3 Å². The SMILES string of the molecule is CC(C)c1ccc2c(c1)C(C1=CCC/C=C/C=C1)=NCC2. The van der Waals surface area contributed by atoms with Crippen molar-refractivity contribution in [3.63, 3.8) is 0 Å². The number of hydrogen-bond acceptors (Lipinski definition) is 1. The summed E-state index contributed by atoms with van der Waals surface area (Å²) in [4.78, 5) is 4.84. The third-order valence-electron chi connectivity index (χ3n) is 4.20. The van der Waals surface area contributed by atoms with Gasteiger partial charge in [0.2, 0.25) is 0 Å². The summed E-state index contributed by atoms with van der Waals surface area (Å²) in [5.74, 6) is 0.559. The normalized spacial score (nSPS) is 19.4. The molecular weight excluding hydrogens is 254 g/mol. The predicted octanol–water partition coefficient (Wildman–Crippen LogP) is 4.99. The van der Waals surface area contributed by atoms with Gasteiger partial charge in [-0.05, 0) is 47.9 Å². The maximum absolute atomic E-state index is 4.84. The second kappa shape index (κ2) is 6.26. The van der Waals surface area contributed by atoms with Crippen LogP contribution in [0.25, 0.3) is 0 Å². The minimum Gasteiger partial charge on any atom is -0.284 e. The van der Waals surface area contributed by atoms with Crippen molar-refractivity contribution in [3.8, 4) is 0 Å². The molecule has 1 heterocycles. The summed E-state index contributed by atoms with van der Waals surface area (Å²) >= 11 is 0. The highest BCUT2D eigenvalue weighted by molar-refractivity contribution is 6.15. The second-order valence-electron chi connectivity index (χ2n) is 6.08. The third-order valence-corrected chi connectivity index (χ3v) is 4.20. The molecule has 3 rings (SSSR count). The van der Waals surface area contributed by atoms with E-state index in [4.69, 9.17) is 4.99 Å². The van der Waals surface area contributed by atoms with Gasteiger partial charge in [-0.2, -0.15) is 0 Å². The molecule has 1 aliphatic carbocycles. The third kappa shape index (κ3) is 3.07. The van der Waals surface area contributed by atoms with Crippen LogP contribution in [0.5, 0.6) is 0 Å². The zero-order chi connectivity index (χ0) is 14.7. The van der Waals surface area contributed by atoms with Crippen molar-refractivity contribution in [2.45, 2.75) is 39.0 Å². The zero-order valence-electron chi connectivity index (χ0n) is 13.0. The fourth-order valence-electron chi connectivity index (χ4n) is 2.92. The summed E-state index contributed by atoms with van der Waals surface area (Å²) < 4.78 is 0. The van der Waals surface area contributed by atoms with Crippen LogP contribution in [0.4, 0.5) is 0 Å². The number of nitrogens with zero attached hydrogens (tertiary/aromatic N) is 1. The van der Waals surface area contributed by atoms with Crippen molar-refractivity contribution < 1.29 is 0 Å². The van der Waals surface area contributed by atoms with Gasteiger partial charge in [-0.3, -0.25) is 4.99 Å². The molecule has 1 aromatic rings. The molecule has 1 aromatic carbocycles. The minimum atomic E-state index is 0.559. The topological polar surface area (TPSA) is 12.4 Å². The lowest BCUT2D eigenvalue weighted by atomic mass is 9.88. The van der Waals surface area contributed by atoms with E-state index in [1.54, 1.807) is 0 Å². The van der Waals surface area contributed by atoms with Gasteiger partial charge in [0, 0.05) is 12.1 Å². The number of benzene rings is 1. The Morgan fingerprint density at radius 3 is 2.86 bits per heavy atom. The molecule has 0 N–H and O–H groups in total. The van der Waals surface area contributed by atoms with Crippen LogP contribution in [0.1, 0.15) is 49.3 Å². The summed E-state index contributed by atoms with van der Waals surface area (Å²) in [5, 5.41) is 0. The van der Waals surface area contributed by atoms with Crippen molar-refractivity contribution in [3.05, 3.63) is 70.8 Å². The molecule has 0 amide bonds. The summed E-state index contributed by atoms with van der Waals surface area (Å²) in [5.41, 5.74) is 6.65. The van der Waals surface area contributed by atoms with Gasteiger partial charge in [-0.15, -0.1) is 0 Å². The number of rotatable bonds is 2. The van der Waals surface area contributed by atoms with Gasteiger partial charge < -0.3 is 0 Å². The summed E-state index contributed by atoms with van der Waals surface area (Å²) in [7, 11) is 0. The Morgan fingerprint density at radius 2 is 2.00 bits per heavy atom. The molecule has 0 bridgehead atoms. The van der Waals surface area contributed by atoms with Crippen LogP contribution in [0.2, 0.25) is 0 Å². The molecule has 2 aliphatic rings. The quantitative estimate of drug-likeness (QED) is 0.722. The first-order chi connectivity index (χ1) is 10.3. The fraction of sp³-hybridized carbons (Fsp3) is 0.350. The van der Waals surface area contributed by atoms with Crippen LogP contribution >= 0.6 is 0 Å². The smallest absolute Gasteiger partial charge is 0.0718 e. The first kappa shape index (κ1) is 14.1. The van der Waals surface area contributed by atoms with E-state index in [0.717, 1.165) is 25.8 Å². The van der Waals surface area contributed by atoms with Gasteiger partial charge in [0.15, 0.2) is 0 Å². The monoisotopic (exact) mass is 277 g/mol. The van der Waals surface area contributed by atoms with Crippen LogP contribution in [0.15, 0.2) is 59.1 Å². The number of allylic oxidation sites excluding steroid dienone is 6. The molecule has 0 radical (unpaired) electrons. The van der Waals surface area contributed by atoms with Crippen LogP contribution in [0.3, 0.4) is 0 Å². The van der Waals surface area contributed by atoms with Gasteiger partial charge in [-0.25, -0.2) is 0 Å². The molecule has 1 nitrogen and oxygen atoms in total. The molecule has 0 saturated heterocycles. The Labute approximate surface area is 127 Å². The summed E-state index contributed by atoms with van der Waals surface area (Å²) in [6, 6.07) is 6.92. The van der Waals surface area contributed by atoms with E-state index in [1.807, 2.05) is 0 Å².